The summed E-state index contributed by atoms with van der Waals surface area (Å²) in [7, 11) is 0. The molecule has 0 spiro atoms. The average molecular weight is 278 g/mol. The second-order valence-electron chi connectivity index (χ2n) is 6.42. The normalized spacial score (nSPS) is 35.0. The van der Waals surface area contributed by atoms with E-state index in [0.29, 0.717) is 11.8 Å². The van der Waals surface area contributed by atoms with Gasteiger partial charge >= 0.3 is 0 Å². The lowest BCUT2D eigenvalue weighted by Crippen LogP contribution is -2.38. The fourth-order valence-corrected chi connectivity index (χ4v) is 4.45. The molecule has 2 aromatic rings. The van der Waals surface area contributed by atoms with Crippen molar-refractivity contribution in [2.75, 3.05) is 0 Å². The fourth-order valence-electron chi connectivity index (χ4n) is 4.45. The molecule has 1 saturated heterocycles. The summed E-state index contributed by atoms with van der Waals surface area (Å²) >= 11 is 0. The van der Waals surface area contributed by atoms with Crippen LogP contribution in [-0.2, 0) is 10.3 Å². The van der Waals surface area contributed by atoms with Gasteiger partial charge in [0, 0.05) is 11.8 Å². The molecule has 0 aromatic heterocycles. The molecule has 0 radical (unpaired) electrons. The van der Waals surface area contributed by atoms with E-state index in [9.17, 15) is 4.39 Å². The largest absolute Gasteiger partial charge is 0.361 e. The maximum Gasteiger partial charge on any atom is 0.123 e. The Balaban J connectivity index is 1.61. The van der Waals surface area contributed by atoms with Crippen molar-refractivity contribution < 1.29 is 9.13 Å². The van der Waals surface area contributed by atoms with Crippen molar-refractivity contribution in [1.82, 2.24) is 0 Å². The van der Waals surface area contributed by atoms with E-state index in [0.717, 1.165) is 5.56 Å². The van der Waals surface area contributed by atoms with Gasteiger partial charge in [-0.15, -0.1) is 0 Å². The minimum atomic E-state index is -0.232. The van der Waals surface area contributed by atoms with Gasteiger partial charge in [-0.1, -0.05) is 42.5 Å². The maximum absolute atomic E-state index is 13.1. The molecule has 5 rings (SSSR count). The molecule has 0 amide bonds. The molecule has 2 heteroatoms. The third-order valence-electron chi connectivity index (χ3n) is 5.39. The summed E-state index contributed by atoms with van der Waals surface area (Å²) in [6.45, 7) is 2.20. The van der Waals surface area contributed by atoms with Crippen LogP contribution < -0.4 is 0 Å². The highest BCUT2D eigenvalue weighted by Gasteiger charge is 2.63. The lowest BCUT2D eigenvalue weighted by Gasteiger charge is -2.42. The maximum atomic E-state index is 13.1. The van der Waals surface area contributed by atoms with Gasteiger partial charge in [0.05, 0.1) is 11.7 Å². The van der Waals surface area contributed by atoms with Gasteiger partial charge in [0.1, 0.15) is 5.82 Å². The van der Waals surface area contributed by atoms with E-state index in [1.807, 2.05) is 12.1 Å². The molecule has 1 fully saturated rings. The van der Waals surface area contributed by atoms with Crippen molar-refractivity contribution >= 4 is 5.57 Å². The van der Waals surface area contributed by atoms with Crippen LogP contribution in [0.25, 0.3) is 5.57 Å². The van der Waals surface area contributed by atoms with Crippen LogP contribution in [0.4, 0.5) is 4.39 Å². The number of ether oxygens (including phenoxy) is 1. The van der Waals surface area contributed by atoms with Crippen LogP contribution >= 0.6 is 0 Å². The van der Waals surface area contributed by atoms with Gasteiger partial charge in [0.25, 0.3) is 0 Å². The minimum absolute atomic E-state index is 0.184. The predicted octanol–water partition coefficient (Wildman–Crippen LogP) is 4.46. The zero-order valence-corrected chi connectivity index (χ0v) is 11.7. The zero-order valence-electron chi connectivity index (χ0n) is 11.7. The van der Waals surface area contributed by atoms with Crippen LogP contribution in [0.1, 0.15) is 29.7 Å². The monoisotopic (exact) mass is 278 g/mol. The van der Waals surface area contributed by atoms with Crippen LogP contribution in [0.15, 0.2) is 54.6 Å². The van der Waals surface area contributed by atoms with Gasteiger partial charge < -0.3 is 4.74 Å². The summed E-state index contributed by atoms with van der Waals surface area (Å²) in [6, 6.07) is 15.4. The van der Waals surface area contributed by atoms with Crippen molar-refractivity contribution in [2.24, 2.45) is 11.8 Å². The van der Waals surface area contributed by atoms with Gasteiger partial charge in [-0.3, -0.25) is 0 Å². The van der Waals surface area contributed by atoms with E-state index in [1.165, 1.54) is 28.8 Å². The molecule has 4 unspecified atom stereocenters. The molecule has 1 aliphatic carbocycles. The number of hydrogen-bond donors (Lipinski definition) is 0. The molecule has 2 heterocycles. The fraction of sp³-hybridized carbons (Fsp3) is 0.263. The lowest BCUT2D eigenvalue weighted by molar-refractivity contribution is -0.0174. The van der Waals surface area contributed by atoms with Crippen LogP contribution in [0.3, 0.4) is 0 Å². The Labute approximate surface area is 123 Å². The van der Waals surface area contributed by atoms with Crippen LogP contribution in [0, 0.1) is 17.7 Å². The van der Waals surface area contributed by atoms with Gasteiger partial charge in [0.2, 0.25) is 0 Å². The molecule has 104 valence electrons. The Kier molecular flexibility index (Phi) is 2.02. The number of fused-ring (bicyclic) bond motifs is 8. The second kappa shape index (κ2) is 3.63. The van der Waals surface area contributed by atoms with Crippen molar-refractivity contribution in [1.29, 1.82) is 0 Å². The van der Waals surface area contributed by atoms with Gasteiger partial charge in [-0.2, -0.15) is 0 Å². The molecule has 2 aliphatic heterocycles. The Hall–Kier alpha value is -1.93. The summed E-state index contributed by atoms with van der Waals surface area (Å²) in [5.41, 5.74) is 4.86. The summed E-state index contributed by atoms with van der Waals surface area (Å²) in [5.74, 6) is 0.670. The average Bonchev–Trinajstić information content (AvgIpc) is 2.86. The molecule has 0 saturated carbocycles. The zero-order chi connectivity index (χ0) is 14.2. The first-order valence-corrected chi connectivity index (χ1v) is 7.43. The number of hydrogen-bond acceptors (Lipinski definition) is 1. The third-order valence-corrected chi connectivity index (χ3v) is 5.39. The highest BCUT2D eigenvalue weighted by molar-refractivity contribution is 5.77. The second-order valence-corrected chi connectivity index (χ2v) is 6.42. The molecule has 3 aliphatic rings. The summed E-state index contributed by atoms with van der Waals surface area (Å²) < 4.78 is 19.5. The van der Waals surface area contributed by atoms with E-state index in [2.05, 4.69) is 37.3 Å². The number of rotatable bonds is 1. The Morgan fingerprint density at radius 1 is 1.05 bits per heavy atom. The van der Waals surface area contributed by atoms with Crippen molar-refractivity contribution in [2.45, 2.75) is 18.6 Å². The highest BCUT2D eigenvalue weighted by Crippen LogP contribution is 2.68. The van der Waals surface area contributed by atoms with Crippen LogP contribution in [0.5, 0.6) is 0 Å². The third kappa shape index (κ3) is 1.29. The van der Waals surface area contributed by atoms with Crippen molar-refractivity contribution in [3.05, 3.63) is 77.1 Å². The van der Waals surface area contributed by atoms with E-state index in [4.69, 9.17) is 4.74 Å². The first-order valence-electron chi connectivity index (χ1n) is 7.43. The van der Waals surface area contributed by atoms with Crippen molar-refractivity contribution in [3.8, 4) is 0 Å². The van der Waals surface area contributed by atoms with Crippen LogP contribution in [-0.4, -0.2) is 0 Å². The molecule has 2 bridgehead atoms. The molecule has 2 aromatic carbocycles. The van der Waals surface area contributed by atoms with Crippen LogP contribution in [0.2, 0.25) is 0 Å². The van der Waals surface area contributed by atoms with E-state index in [-0.39, 0.29) is 17.5 Å². The summed E-state index contributed by atoms with van der Waals surface area (Å²) in [4.78, 5) is 0. The molecule has 1 nitrogen and oxygen atoms in total. The Morgan fingerprint density at radius 3 is 2.62 bits per heavy atom. The first-order chi connectivity index (χ1) is 10.2. The SMILES string of the molecule is CC12OC(c3ccccc31)C1C=C(c3ccc(F)cc3)C12. The molecule has 0 N–H and O–H groups in total. The quantitative estimate of drug-likeness (QED) is 0.748. The molecular weight excluding hydrogens is 263 g/mol. The number of halogens is 1. The topological polar surface area (TPSA) is 9.23 Å². The highest BCUT2D eigenvalue weighted by atomic mass is 19.1. The van der Waals surface area contributed by atoms with Gasteiger partial charge in [-0.25, -0.2) is 4.39 Å². The molecular formula is C19H15FO. The Morgan fingerprint density at radius 2 is 1.81 bits per heavy atom. The lowest BCUT2D eigenvalue weighted by atomic mass is 9.59. The smallest absolute Gasteiger partial charge is 0.123 e. The summed E-state index contributed by atoms with van der Waals surface area (Å²) in [5, 5.41) is 0. The Bertz CT molecular complexity index is 776. The number of benzene rings is 2. The van der Waals surface area contributed by atoms with E-state index >= 15 is 0 Å². The van der Waals surface area contributed by atoms with E-state index < -0.39 is 0 Å². The summed E-state index contributed by atoms with van der Waals surface area (Å²) in [6.07, 6.45) is 2.50. The predicted molar refractivity (Wildman–Crippen MR) is 79.0 cm³/mol. The van der Waals surface area contributed by atoms with Gasteiger partial charge in [-0.05, 0) is 41.3 Å². The molecule has 4 atom stereocenters. The standard InChI is InChI=1S/C19H15FO/c1-19-16-5-3-2-4-13(16)18(21-19)15-10-14(17(15)19)11-6-8-12(20)9-7-11/h2-10,15,17-18H,1H3. The molecule has 21 heavy (non-hydrogen) atoms. The first kappa shape index (κ1) is 11.7. The van der Waals surface area contributed by atoms with E-state index in [1.54, 1.807) is 0 Å². The van der Waals surface area contributed by atoms with Crippen molar-refractivity contribution in [3.63, 3.8) is 0 Å². The van der Waals surface area contributed by atoms with Gasteiger partial charge in [0.15, 0.2) is 0 Å². The minimum Gasteiger partial charge on any atom is -0.361 e.